The topological polar surface area (TPSA) is 46.5 Å². The molecule has 3 rings (SSSR count). The van der Waals surface area contributed by atoms with Crippen LogP contribution < -0.4 is 0 Å². The van der Waals surface area contributed by atoms with Crippen molar-refractivity contribution in [1.82, 2.24) is 0 Å². The number of allylic oxidation sites excluding steroid dienone is 1. The van der Waals surface area contributed by atoms with Crippen molar-refractivity contribution >= 4 is 5.97 Å². The second kappa shape index (κ2) is 3.70. The van der Waals surface area contributed by atoms with Crippen LogP contribution >= 0.6 is 0 Å². The van der Waals surface area contributed by atoms with Crippen molar-refractivity contribution in [1.29, 1.82) is 0 Å². The van der Waals surface area contributed by atoms with Gasteiger partial charge in [-0.05, 0) is 31.6 Å². The maximum Gasteiger partial charge on any atom is 0.334 e. The van der Waals surface area contributed by atoms with E-state index in [0.717, 1.165) is 25.7 Å². The lowest BCUT2D eigenvalue weighted by Gasteiger charge is -2.51. The van der Waals surface area contributed by atoms with E-state index in [1.807, 2.05) is 0 Å². The van der Waals surface area contributed by atoms with Crippen LogP contribution in [0.25, 0.3) is 0 Å². The van der Waals surface area contributed by atoms with Crippen molar-refractivity contribution in [2.75, 3.05) is 0 Å². The summed E-state index contributed by atoms with van der Waals surface area (Å²) in [5.74, 6) is 0.152. The third kappa shape index (κ3) is 1.43. The minimum absolute atomic E-state index is 0.0909. The van der Waals surface area contributed by atoms with Gasteiger partial charge in [0.05, 0.1) is 6.10 Å². The molecule has 18 heavy (non-hydrogen) atoms. The van der Waals surface area contributed by atoms with Crippen molar-refractivity contribution in [2.24, 2.45) is 17.3 Å². The standard InChI is InChI=1S/C15H20O3/c1-8-4-5-13(16)15(3)7-12-10(6-11(8)15)9(2)14(17)18-12/h10-13,16H,1-2,4-7H2,3H3/t10-,11-,12-,13-,15-/m1/s1. The monoisotopic (exact) mass is 248 g/mol. The predicted octanol–water partition coefficient (Wildman–Crippen LogP) is 2.21. The minimum atomic E-state index is -0.318. The highest BCUT2D eigenvalue weighted by Gasteiger charge is 2.55. The number of hydrogen-bond donors (Lipinski definition) is 1. The fourth-order valence-electron chi connectivity index (χ4n) is 4.08. The maximum absolute atomic E-state index is 11.6. The van der Waals surface area contributed by atoms with Gasteiger partial charge in [0.15, 0.2) is 0 Å². The van der Waals surface area contributed by atoms with Crippen molar-refractivity contribution in [2.45, 2.75) is 44.8 Å². The molecule has 5 atom stereocenters. The Morgan fingerprint density at radius 2 is 2.17 bits per heavy atom. The van der Waals surface area contributed by atoms with Gasteiger partial charge in [-0.15, -0.1) is 0 Å². The molecule has 0 unspecified atom stereocenters. The van der Waals surface area contributed by atoms with E-state index in [0.29, 0.717) is 5.57 Å². The molecular weight excluding hydrogens is 228 g/mol. The van der Waals surface area contributed by atoms with E-state index in [1.54, 1.807) is 0 Å². The van der Waals surface area contributed by atoms with E-state index >= 15 is 0 Å². The van der Waals surface area contributed by atoms with Crippen LogP contribution in [-0.4, -0.2) is 23.3 Å². The van der Waals surface area contributed by atoms with E-state index in [2.05, 4.69) is 20.1 Å². The van der Waals surface area contributed by atoms with Gasteiger partial charge >= 0.3 is 5.97 Å². The predicted molar refractivity (Wildman–Crippen MR) is 67.7 cm³/mol. The second-order valence-corrected chi connectivity index (χ2v) is 6.29. The number of aliphatic hydroxyl groups excluding tert-OH is 1. The summed E-state index contributed by atoms with van der Waals surface area (Å²) >= 11 is 0. The maximum atomic E-state index is 11.6. The van der Waals surface area contributed by atoms with Gasteiger partial charge in [0.2, 0.25) is 0 Å². The van der Waals surface area contributed by atoms with Crippen LogP contribution in [0.1, 0.15) is 32.6 Å². The van der Waals surface area contributed by atoms with E-state index in [9.17, 15) is 9.90 Å². The Hall–Kier alpha value is -1.09. The number of rotatable bonds is 0. The molecule has 3 fully saturated rings. The Morgan fingerprint density at radius 1 is 1.44 bits per heavy atom. The van der Waals surface area contributed by atoms with Crippen LogP contribution in [0.4, 0.5) is 0 Å². The zero-order chi connectivity index (χ0) is 13.1. The molecule has 1 heterocycles. The van der Waals surface area contributed by atoms with Crippen LogP contribution in [0.5, 0.6) is 0 Å². The van der Waals surface area contributed by atoms with E-state index < -0.39 is 0 Å². The van der Waals surface area contributed by atoms with Gasteiger partial charge < -0.3 is 9.84 Å². The Morgan fingerprint density at radius 3 is 2.89 bits per heavy atom. The lowest BCUT2D eigenvalue weighted by atomic mass is 9.54. The first-order chi connectivity index (χ1) is 8.43. The van der Waals surface area contributed by atoms with Crippen molar-refractivity contribution in [3.8, 4) is 0 Å². The van der Waals surface area contributed by atoms with E-state index in [4.69, 9.17) is 4.74 Å². The van der Waals surface area contributed by atoms with Crippen LogP contribution in [-0.2, 0) is 9.53 Å². The van der Waals surface area contributed by atoms with Crippen LogP contribution in [0, 0.1) is 17.3 Å². The first-order valence-corrected chi connectivity index (χ1v) is 6.69. The molecule has 1 aliphatic heterocycles. The summed E-state index contributed by atoms with van der Waals surface area (Å²) in [5.41, 5.74) is 1.63. The lowest BCUT2D eigenvalue weighted by Crippen LogP contribution is -2.50. The molecule has 0 spiro atoms. The zero-order valence-electron chi connectivity index (χ0n) is 10.8. The number of carbonyl (C=O) groups excluding carboxylic acids is 1. The minimum Gasteiger partial charge on any atom is -0.458 e. The Labute approximate surface area is 108 Å². The van der Waals surface area contributed by atoms with Gasteiger partial charge in [-0.3, -0.25) is 0 Å². The SMILES string of the molecule is C=C1C(=O)O[C@@H]2C[C@@]3(C)[C@H](O)CCC(=C)[C@H]3C[C@H]12. The lowest BCUT2D eigenvalue weighted by molar-refractivity contribution is -0.145. The van der Waals surface area contributed by atoms with Crippen LogP contribution in [0.2, 0.25) is 0 Å². The fourth-order valence-corrected chi connectivity index (χ4v) is 4.08. The third-order valence-corrected chi connectivity index (χ3v) is 5.34. The van der Waals surface area contributed by atoms with Gasteiger partial charge in [0.25, 0.3) is 0 Å². The Bertz CT molecular complexity index is 439. The average molecular weight is 248 g/mol. The van der Waals surface area contributed by atoms with E-state index in [-0.39, 0.29) is 35.4 Å². The third-order valence-electron chi connectivity index (χ3n) is 5.34. The van der Waals surface area contributed by atoms with Gasteiger partial charge in [-0.2, -0.15) is 0 Å². The normalized spacial score (nSPS) is 47.6. The number of aliphatic hydroxyl groups is 1. The molecule has 1 N–H and O–H groups in total. The quantitative estimate of drug-likeness (QED) is 0.406. The first-order valence-electron chi connectivity index (χ1n) is 6.69. The molecule has 0 amide bonds. The van der Waals surface area contributed by atoms with Gasteiger partial charge in [0, 0.05) is 16.9 Å². The highest BCUT2D eigenvalue weighted by Crippen LogP contribution is 2.56. The first kappa shape index (κ1) is 12.0. The highest BCUT2D eigenvalue weighted by molar-refractivity contribution is 5.90. The summed E-state index contributed by atoms with van der Waals surface area (Å²) in [5, 5.41) is 10.3. The molecule has 0 radical (unpaired) electrons. The summed E-state index contributed by atoms with van der Waals surface area (Å²) in [6.07, 6.45) is 2.83. The molecule has 98 valence electrons. The van der Waals surface area contributed by atoms with Gasteiger partial charge in [-0.1, -0.05) is 25.7 Å². The molecule has 0 aromatic rings. The summed E-state index contributed by atoms with van der Waals surface area (Å²) in [7, 11) is 0. The van der Waals surface area contributed by atoms with Gasteiger partial charge in [0.1, 0.15) is 6.10 Å². The number of esters is 1. The van der Waals surface area contributed by atoms with Gasteiger partial charge in [-0.25, -0.2) is 4.79 Å². The van der Waals surface area contributed by atoms with E-state index in [1.165, 1.54) is 5.57 Å². The molecule has 0 aromatic heterocycles. The van der Waals surface area contributed by atoms with Crippen LogP contribution in [0.15, 0.2) is 24.3 Å². The molecule has 3 heteroatoms. The average Bonchev–Trinajstić information content (AvgIpc) is 2.58. The molecule has 1 saturated heterocycles. The number of ether oxygens (including phenoxy) is 1. The summed E-state index contributed by atoms with van der Waals surface area (Å²) in [4.78, 5) is 11.6. The molecule has 0 aromatic carbocycles. The molecule has 3 aliphatic rings. The van der Waals surface area contributed by atoms with Crippen molar-refractivity contribution in [3.63, 3.8) is 0 Å². The molecule has 2 aliphatic carbocycles. The summed E-state index contributed by atoms with van der Waals surface area (Å²) < 4.78 is 5.40. The molecule has 3 nitrogen and oxygen atoms in total. The summed E-state index contributed by atoms with van der Waals surface area (Å²) in [6.45, 7) is 10.1. The smallest absolute Gasteiger partial charge is 0.334 e. The largest absolute Gasteiger partial charge is 0.458 e. The molecule has 2 saturated carbocycles. The Balaban J connectivity index is 1.94. The van der Waals surface area contributed by atoms with Crippen molar-refractivity contribution in [3.05, 3.63) is 24.3 Å². The van der Waals surface area contributed by atoms with Crippen molar-refractivity contribution < 1.29 is 14.6 Å². The second-order valence-electron chi connectivity index (χ2n) is 6.29. The summed E-state index contributed by atoms with van der Waals surface area (Å²) in [6, 6.07) is 0. The highest BCUT2D eigenvalue weighted by atomic mass is 16.6. The van der Waals surface area contributed by atoms with Crippen LogP contribution in [0.3, 0.4) is 0 Å². The molecule has 0 bridgehead atoms. The number of hydrogen-bond acceptors (Lipinski definition) is 3. The zero-order valence-corrected chi connectivity index (χ0v) is 10.8. The molecular formula is C15H20O3. The Kier molecular flexibility index (Phi) is 2.46. The fraction of sp³-hybridized carbons (Fsp3) is 0.667. The number of fused-ring (bicyclic) bond motifs is 2. The number of carbonyl (C=O) groups is 1.